The van der Waals surface area contributed by atoms with Crippen molar-refractivity contribution in [3.63, 3.8) is 0 Å². The molecule has 0 fully saturated rings. The lowest BCUT2D eigenvalue weighted by Gasteiger charge is -2.31. The number of anilines is 1. The fourth-order valence-electron chi connectivity index (χ4n) is 3.69. The van der Waals surface area contributed by atoms with Crippen LogP contribution >= 0.6 is 23.4 Å². The van der Waals surface area contributed by atoms with Gasteiger partial charge in [0.25, 0.3) is 10.0 Å². The highest BCUT2D eigenvalue weighted by Gasteiger charge is 2.48. The van der Waals surface area contributed by atoms with Crippen molar-refractivity contribution < 1.29 is 13.2 Å². The molecule has 4 rings (SSSR count). The fourth-order valence-corrected chi connectivity index (χ4v) is 6.54. The molecule has 1 aliphatic heterocycles. The molecular weight excluding hydrogens is 454 g/mol. The lowest BCUT2D eigenvalue weighted by atomic mass is 10.1. The second-order valence-corrected chi connectivity index (χ2v) is 10.5. The number of imidazole rings is 1. The highest BCUT2D eigenvalue weighted by Crippen LogP contribution is 2.43. The number of carbonyl (C=O) groups is 1. The Balaban J connectivity index is 1.98. The van der Waals surface area contributed by atoms with Gasteiger partial charge in [0, 0.05) is 23.0 Å². The summed E-state index contributed by atoms with van der Waals surface area (Å²) in [7, 11) is -3.99. The molecule has 0 bridgehead atoms. The molecule has 0 amide bonds. The molecule has 1 atom stereocenters. The molecule has 0 spiro atoms. The molecule has 9 heteroatoms. The molecule has 162 valence electrons. The first-order valence-electron chi connectivity index (χ1n) is 10.0. The largest absolute Gasteiger partial charge is 0.290 e. The van der Waals surface area contributed by atoms with Crippen LogP contribution in [0, 0.1) is 0 Å². The minimum atomic E-state index is -3.99. The minimum Gasteiger partial charge on any atom is -0.290 e. The lowest BCUT2D eigenvalue weighted by Crippen LogP contribution is -2.43. The monoisotopic (exact) mass is 475 g/mol. The van der Waals surface area contributed by atoms with Gasteiger partial charge in [-0.3, -0.25) is 13.7 Å². The lowest BCUT2D eigenvalue weighted by molar-refractivity contribution is 0.0978. The summed E-state index contributed by atoms with van der Waals surface area (Å²) in [6.45, 7) is 3.99. The molecule has 0 radical (unpaired) electrons. The zero-order valence-corrected chi connectivity index (χ0v) is 19.5. The van der Waals surface area contributed by atoms with Gasteiger partial charge in [0.15, 0.2) is 16.2 Å². The van der Waals surface area contributed by atoms with Gasteiger partial charge in [-0.15, -0.1) is 0 Å². The third kappa shape index (κ3) is 3.77. The quantitative estimate of drug-likeness (QED) is 0.462. The second-order valence-electron chi connectivity index (χ2n) is 7.09. The van der Waals surface area contributed by atoms with E-state index < -0.39 is 21.1 Å². The van der Waals surface area contributed by atoms with E-state index >= 15 is 0 Å². The molecule has 2 aromatic carbocycles. The maximum Gasteiger partial charge on any atom is 0.251 e. The van der Waals surface area contributed by atoms with Crippen LogP contribution in [0.3, 0.4) is 0 Å². The molecule has 0 saturated carbocycles. The van der Waals surface area contributed by atoms with Crippen molar-refractivity contribution in [3.8, 4) is 5.69 Å². The van der Waals surface area contributed by atoms with E-state index in [1.807, 2.05) is 30.3 Å². The average molecular weight is 476 g/mol. The standard InChI is InChI=1S/C22H22ClN3O3S2/c1-3-14-30-22-24-21-18(26(22)17-8-6-5-7-9-17)19(27)20(31(28,29)25(21)4-2)15-10-12-16(23)13-11-15/h5-13,20H,3-4,14H2,1-2H3. The Labute approximate surface area is 191 Å². The van der Waals surface area contributed by atoms with E-state index in [4.69, 9.17) is 11.6 Å². The van der Waals surface area contributed by atoms with E-state index in [2.05, 4.69) is 11.9 Å². The predicted molar refractivity (Wildman–Crippen MR) is 125 cm³/mol. The van der Waals surface area contributed by atoms with E-state index in [0.29, 0.717) is 21.4 Å². The molecule has 0 N–H and O–H groups in total. The summed E-state index contributed by atoms with van der Waals surface area (Å²) in [5, 5.41) is -0.262. The first-order valence-corrected chi connectivity index (χ1v) is 12.9. The number of aromatic nitrogens is 2. The molecule has 2 heterocycles. The number of nitrogens with zero attached hydrogens (tertiary/aromatic N) is 3. The van der Waals surface area contributed by atoms with Crippen LogP contribution in [0.1, 0.15) is 41.6 Å². The van der Waals surface area contributed by atoms with E-state index in [0.717, 1.165) is 17.9 Å². The highest BCUT2D eigenvalue weighted by atomic mass is 35.5. The number of ketones is 1. The number of thioether (sulfide) groups is 1. The molecule has 1 aromatic heterocycles. The molecule has 1 aliphatic rings. The number of hydrogen-bond donors (Lipinski definition) is 0. The number of Topliss-reactive ketones (excluding diaryl/α,β-unsaturated/α-hetero) is 1. The minimum absolute atomic E-state index is 0.177. The van der Waals surface area contributed by atoms with Gasteiger partial charge in [0.2, 0.25) is 5.78 Å². The Morgan fingerprint density at radius 1 is 1.06 bits per heavy atom. The van der Waals surface area contributed by atoms with E-state index in [-0.39, 0.29) is 12.4 Å². The van der Waals surface area contributed by atoms with Crippen LogP contribution in [-0.2, 0) is 10.0 Å². The summed E-state index contributed by atoms with van der Waals surface area (Å²) in [6.07, 6.45) is 0.925. The number of halogens is 1. The molecule has 6 nitrogen and oxygen atoms in total. The number of rotatable bonds is 6. The van der Waals surface area contributed by atoms with Crippen molar-refractivity contribution in [3.05, 3.63) is 70.9 Å². The third-order valence-corrected chi connectivity index (χ3v) is 8.57. The van der Waals surface area contributed by atoms with Crippen LogP contribution in [0.4, 0.5) is 5.82 Å². The normalized spacial score (nSPS) is 17.6. The van der Waals surface area contributed by atoms with Crippen molar-refractivity contribution in [2.24, 2.45) is 0 Å². The van der Waals surface area contributed by atoms with Gasteiger partial charge >= 0.3 is 0 Å². The van der Waals surface area contributed by atoms with E-state index in [1.165, 1.54) is 16.1 Å². The number of hydrogen-bond acceptors (Lipinski definition) is 5. The Hall–Kier alpha value is -2.29. The van der Waals surface area contributed by atoms with Crippen LogP contribution in [0.25, 0.3) is 5.69 Å². The van der Waals surface area contributed by atoms with E-state index in [1.54, 1.807) is 35.8 Å². The van der Waals surface area contributed by atoms with Crippen molar-refractivity contribution in [1.29, 1.82) is 0 Å². The van der Waals surface area contributed by atoms with Gasteiger partial charge in [0.1, 0.15) is 5.69 Å². The van der Waals surface area contributed by atoms with Crippen LogP contribution in [0.5, 0.6) is 0 Å². The zero-order chi connectivity index (χ0) is 22.2. The van der Waals surface area contributed by atoms with Gasteiger partial charge in [-0.2, -0.15) is 0 Å². The molecule has 1 unspecified atom stereocenters. The van der Waals surface area contributed by atoms with Gasteiger partial charge in [-0.1, -0.05) is 60.6 Å². The van der Waals surface area contributed by atoms with Crippen molar-refractivity contribution >= 4 is 45.0 Å². The SMILES string of the molecule is CCCSc1nc2c(n1-c1ccccc1)C(=O)C(c1ccc(Cl)cc1)S(=O)(=O)N2CC. The Bertz CT molecular complexity index is 1210. The van der Waals surface area contributed by atoms with Gasteiger partial charge < -0.3 is 0 Å². The van der Waals surface area contributed by atoms with Crippen LogP contribution in [0.2, 0.25) is 5.02 Å². The smallest absolute Gasteiger partial charge is 0.251 e. The van der Waals surface area contributed by atoms with Gasteiger partial charge in [-0.05, 0) is 43.2 Å². The average Bonchev–Trinajstić information content (AvgIpc) is 3.13. The Kier molecular flexibility index (Phi) is 6.14. The van der Waals surface area contributed by atoms with Crippen molar-refractivity contribution in [1.82, 2.24) is 9.55 Å². The van der Waals surface area contributed by atoms with Crippen LogP contribution in [0.15, 0.2) is 59.8 Å². The number of benzene rings is 2. The zero-order valence-electron chi connectivity index (χ0n) is 17.2. The molecule has 31 heavy (non-hydrogen) atoms. The second kappa shape index (κ2) is 8.68. The number of fused-ring (bicyclic) bond motifs is 1. The van der Waals surface area contributed by atoms with Crippen molar-refractivity contribution in [2.75, 3.05) is 16.6 Å². The molecule has 3 aromatic rings. The van der Waals surface area contributed by atoms with E-state index in [9.17, 15) is 13.2 Å². The maximum absolute atomic E-state index is 13.8. The highest BCUT2D eigenvalue weighted by molar-refractivity contribution is 7.99. The summed E-state index contributed by atoms with van der Waals surface area (Å²) in [6, 6.07) is 15.8. The number of carbonyl (C=O) groups excluding carboxylic acids is 1. The summed E-state index contributed by atoms with van der Waals surface area (Å²) >= 11 is 7.50. The third-order valence-electron chi connectivity index (χ3n) is 5.05. The number of sulfonamides is 1. The molecule has 0 aliphatic carbocycles. The summed E-state index contributed by atoms with van der Waals surface area (Å²) in [5.74, 6) is 0.512. The first-order chi connectivity index (χ1) is 14.9. The summed E-state index contributed by atoms with van der Waals surface area (Å²) in [5.41, 5.74) is 1.46. The van der Waals surface area contributed by atoms with Crippen LogP contribution < -0.4 is 4.31 Å². The fraction of sp³-hybridized carbons (Fsp3) is 0.273. The Morgan fingerprint density at radius 2 is 1.74 bits per heavy atom. The van der Waals surface area contributed by atoms with Gasteiger partial charge in [-0.25, -0.2) is 13.4 Å². The number of para-hydroxylation sites is 1. The first kappa shape index (κ1) is 21.9. The summed E-state index contributed by atoms with van der Waals surface area (Å²) in [4.78, 5) is 18.4. The van der Waals surface area contributed by atoms with Crippen LogP contribution in [-0.4, -0.2) is 36.0 Å². The van der Waals surface area contributed by atoms with Crippen molar-refractivity contribution in [2.45, 2.75) is 30.7 Å². The predicted octanol–water partition coefficient (Wildman–Crippen LogP) is 5.12. The molecular formula is C22H22ClN3O3S2. The van der Waals surface area contributed by atoms with Gasteiger partial charge in [0.05, 0.1) is 0 Å². The summed E-state index contributed by atoms with van der Waals surface area (Å²) < 4.78 is 30.0. The maximum atomic E-state index is 13.8. The molecule has 0 saturated heterocycles. The Morgan fingerprint density at radius 3 is 2.35 bits per heavy atom. The topological polar surface area (TPSA) is 72.3 Å².